The molecule has 0 heterocycles. The van der Waals surface area contributed by atoms with Crippen LogP contribution < -0.4 is 5.32 Å². The van der Waals surface area contributed by atoms with Crippen molar-refractivity contribution in [3.63, 3.8) is 0 Å². The molecule has 1 saturated carbocycles. The first-order chi connectivity index (χ1) is 5.90. The monoisotopic (exact) mass is 165 g/mol. The molecule has 1 heteroatoms. The van der Waals surface area contributed by atoms with E-state index in [4.69, 9.17) is 0 Å². The van der Waals surface area contributed by atoms with E-state index in [1.54, 1.807) is 0 Å². The van der Waals surface area contributed by atoms with Gasteiger partial charge in [0, 0.05) is 0 Å². The molecule has 12 heavy (non-hydrogen) atoms. The molecule has 68 valence electrons. The minimum atomic E-state index is 0.916. The third-order valence-electron chi connectivity index (χ3n) is 3.25. The first kappa shape index (κ1) is 8.31. The molecule has 0 aromatic rings. The van der Waals surface area contributed by atoms with Crippen LogP contribution in [0.4, 0.5) is 0 Å². The van der Waals surface area contributed by atoms with Gasteiger partial charge in [0.1, 0.15) is 0 Å². The van der Waals surface area contributed by atoms with E-state index in [0.717, 1.165) is 17.8 Å². The van der Waals surface area contributed by atoms with Crippen molar-refractivity contribution in [2.75, 3.05) is 13.1 Å². The van der Waals surface area contributed by atoms with E-state index in [9.17, 15) is 0 Å². The van der Waals surface area contributed by atoms with E-state index in [1.165, 1.54) is 32.4 Å². The third kappa shape index (κ3) is 1.56. The third-order valence-corrected chi connectivity index (χ3v) is 3.25. The highest BCUT2D eigenvalue weighted by atomic mass is 14.9. The van der Waals surface area contributed by atoms with Crippen LogP contribution in [0.1, 0.15) is 26.2 Å². The molecule has 0 aliphatic heterocycles. The summed E-state index contributed by atoms with van der Waals surface area (Å²) in [6.45, 7) is 4.67. The van der Waals surface area contributed by atoms with Crippen molar-refractivity contribution < 1.29 is 0 Å². The minimum absolute atomic E-state index is 0.916. The number of fused-ring (bicyclic) bond motifs is 2. The van der Waals surface area contributed by atoms with Gasteiger partial charge < -0.3 is 5.32 Å². The zero-order valence-corrected chi connectivity index (χ0v) is 7.92. The molecule has 2 aliphatic carbocycles. The highest BCUT2D eigenvalue weighted by Crippen LogP contribution is 2.42. The van der Waals surface area contributed by atoms with Gasteiger partial charge in [-0.3, -0.25) is 0 Å². The van der Waals surface area contributed by atoms with Gasteiger partial charge in [-0.05, 0) is 50.1 Å². The van der Waals surface area contributed by atoms with Crippen LogP contribution in [0.15, 0.2) is 12.2 Å². The van der Waals surface area contributed by atoms with Gasteiger partial charge in [0.15, 0.2) is 0 Å². The molecule has 2 bridgehead atoms. The topological polar surface area (TPSA) is 12.0 Å². The summed E-state index contributed by atoms with van der Waals surface area (Å²) in [7, 11) is 0. The quantitative estimate of drug-likeness (QED) is 0.497. The lowest BCUT2D eigenvalue weighted by atomic mass is 9.94. The number of rotatable bonds is 4. The summed E-state index contributed by atoms with van der Waals surface area (Å²) in [5.74, 6) is 2.80. The summed E-state index contributed by atoms with van der Waals surface area (Å²) < 4.78 is 0. The predicted molar refractivity (Wildman–Crippen MR) is 52.0 cm³/mol. The Hall–Kier alpha value is -0.300. The van der Waals surface area contributed by atoms with E-state index in [-0.39, 0.29) is 0 Å². The van der Waals surface area contributed by atoms with Gasteiger partial charge in [-0.1, -0.05) is 19.1 Å². The van der Waals surface area contributed by atoms with Gasteiger partial charge in [0.25, 0.3) is 0 Å². The summed E-state index contributed by atoms with van der Waals surface area (Å²) in [4.78, 5) is 0. The normalized spacial score (nSPS) is 37.9. The second kappa shape index (κ2) is 3.61. The largest absolute Gasteiger partial charge is 0.316 e. The van der Waals surface area contributed by atoms with Gasteiger partial charge in [-0.15, -0.1) is 0 Å². The standard InChI is InChI=1S/C11H19N/c1-2-5-12-8-11-7-9-3-4-10(11)6-9/h3-4,9-12H,2,5-8H2,1H3/t9-,10-,11+/m0/s1. The Labute approximate surface area is 75.2 Å². The number of nitrogens with one attached hydrogen (secondary N) is 1. The first-order valence-corrected chi connectivity index (χ1v) is 5.29. The Morgan fingerprint density at radius 2 is 2.25 bits per heavy atom. The van der Waals surface area contributed by atoms with Gasteiger partial charge >= 0.3 is 0 Å². The average molecular weight is 165 g/mol. The molecule has 2 rings (SSSR count). The van der Waals surface area contributed by atoms with Gasteiger partial charge in [-0.25, -0.2) is 0 Å². The van der Waals surface area contributed by atoms with Crippen molar-refractivity contribution in [2.45, 2.75) is 26.2 Å². The lowest BCUT2D eigenvalue weighted by Gasteiger charge is -2.18. The summed E-state index contributed by atoms with van der Waals surface area (Å²) in [5.41, 5.74) is 0. The van der Waals surface area contributed by atoms with E-state index >= 15 is 0 Å². The maximum atomic E-state index is 3.53. The lowest BCUT2D eigenvalue weighted by molar-refractivity contribution is 0.415. The van der Waals surface area contributed by atoms with Crippen LogP contribution in [0.25, 0.3) is 0 Å². The fourth-order valence-corrected chi connectivity index (χ4v) is 2.59. The van der Waals surface area contributed by atoms with Crippen LogP contribution in [0.5, 0.6) is 0 Å². The van der Waals surface area contributed by atoms with Crippen LogP contribution >= 0.6 is 0 Å². The Kier molecular flexibility index (Phi) is 2.50. The lowest BCUT2D eigenvalue weighted by Crippen LogP contribution is -2.25. The molecule has 0 spiro atoms. The average Bonchev–Trinajstić information content (AvgIpc) is 2.65. The van der Waals surface area contributed by atoms with Crippen LogP contribution in [-0.4, -0.2) is 13.1 Å². The summed E-state index contributed by atoms with van der Waals surface area (Å²) in [6.07, 6.45) is 9.00. The summed E-state index contributed by atoms with van der Waals surface area (Å²) in [6, 6.07) is 0. The predicted octanol–water partition coefficient (Wildman–Crippen LogP) is 2.20. The molecule has 2 aliphatic rings. The summed E-state index contributed by atoms with van der Waals surface area (Å²) in [5, 5.41) is 3.53. The van der Waals surface area contributed by atoms with Gasteiger partial charge in [-0.2, -0.15) is 0 Å². The Morgan fingerprint density at radius 3 is 2.83 bits per heavy atom. The van der Waals surface area contributed by atoms with Crippen molar-refractivity contribution in [2.24, 2.45) is 17.8 Å². The summed E-state index contributed by atoms with van der Waals surface area (Å²) >= 11 is 0. The second-order valence-electron chi connectivity index (χ2n) is 4.24. The highest BCUT2D eigenvalue weighted by Gasteiger charge is 2.34. The Balaban J connectivity index is 1.73. The van der Waals surface area contributed by atoms with Crippen molar-refractivity contribution in [3.8, 4) is 0 Å². The smallest absolute Gasteiger partial charge is 0.00147 e. The number of allylic oxidation sites excluding steroid dienone is 2. The molecule has 3 atom stereocenters. The van der Waals surface area contributed by atoms with Crippen molar-refractivity contribution >= 4 is 0 Å². The molecule has 1 N–H and O–H groups in total. The fraction of sp³-hybridized carbons (Fsp3) is 0.818. The van der Waals surface area contributed by atoms with Gasteiger partial charge in [0.05, 0.1) is 0 Å². The van der Waals surface area contributed by atoms with E-state index in [2.05, 4.69) is 24.4 Å². The van der Waals surface area contributed by atoms with E-state index in [1.807, 2.05) is 0 Å². The first-order valence-electron chi connectivity index (χ1n) is 5.29. The van der Waals surface area contributed by atoms with Crippen LogP contribution in [0, 0.1) is 17.8 Å². The molecule has 1 nitrogen and oxygen atoms in total. The molecule has 0 radical (unpaired) electrons. The maximum absolute atomic E-state index is 3.53. The number of hydrogen-bond acceptors (Lipinski definition) is 1. The Morgan fingerprint density at radius 1 is 1.33 bits per heavy atom. The number of hydrogen-bond donors (Lipinski definition) is 1. The molecule has 0 aromatic carbocycles. The molecule has 0 amide bonds. The highest BCUT2D eigenvalue weighted by molar-refractivity contribution is 5.10. The SMILES string of the molecule is CCCNC[C@H]1C[C@H]2C=C[C@H]1C2. The maximum Gasteiger partial charge on any atom is -0.00147 e. The Bertz CT molecular complexity index is 174. The molecule has 0 aromatic heterocycles. The van der Waals surface area contributed by atoms with Crippen LogP contribution in [-0.2, 0) is 0 Å². The van der Waals surface area contributed by atoms with Gasteiger partial charge in [0.2, 0.25) is 0 Å². The van der Waals surface area contributed by atoms with E-state index in [0.29, 0.717) is 0 Å². The molecular weight excluding hydrogens is 146 g/mol. The zero-order chi connectivity index (χ0) is 8.39. The molecular formula is C11H19N. The van der Waals surface area contributed by atoms with Crippen molar-refractivity contribution in [1.82, 2.24) is 5.32 Å². The molecule has 0 unspecified atom stereocenters. The zero-order valence-electron chi connectivity index (χ0n) is 7.92. The van der Waals surface area contributed by atoms with Crippen LogP contribution in [0.3, 0.4) is 0 Å². The second-order valence-corrected chi connectivity index (χ2v) is 4.24. The van der Waals surface area contributed by atoms with Crippen molar-refractivity contribution in [1.29, 1.82) is 0 Å². The molecule has 0 saturated heterocycles. The van der Waals surface area contributed by atoms with Crippen molar-refractivity contribution in [3.05, 3.63) is 12.2 Å². The van der Waals surface area contributed by atoms with Crippen LogP contribution in [0.2, 0.25) is 0 Å². The fourth-order valence-electron chi connectivity index (χ4n) is 2.59. The molecule has 1 fully saturated rings. The van der Waals surface area contributed by atoms with E-state index < -0.39 is 0 Å². The minimum Gasteiger partial charge on any atom is -0.316 e.